The van der Waals surface area contributed by atoms with Gasteiger partial charge in [-0.1, -0.05) is 24.3 Å². The zero-order valence-electron chi connectivity index (χ0n) is 19.6. The zero-order chi connectivity index (χ0) is 26.0. The molecule has 1 aromatic heterocycles. The minimum atomic E-state index is -0.997. The SMILES string of the molecule is CCOC(=O)C1=C(N)n2c(s/c(=C\c3ccc(O)cc3)c2=O)=C(C(=O)OCC)[C@H]1c1ccc(O)cc1. The second-order valence-electron chi connectivity index (χ2n) is 7.83. The summed E-state index contributed by atoms with van der Waals surface area (Å²) in [6.07, 6.45) is 1.60. The van der Waals surface area contributed by atoms with E-state index in [0.717, 1.165) is 15.9 Å². The molecule has 4 rings (SSSR count). The van der Waals surface area contributed by atoms with Crippen LogP contribution in [0.3, 0.4) is 0 Å². The molecule has 0 bridgehead atoms. The fourth-order valence-corrected chi connectivity index (χ4v) is 5.15. The largest absolute Gasteiger partial charge is 0.508 e. The zero-order valence-corrected chi connectivity index (χ0v) is 20.4. The molecule has 0 saturated carbocycles. The van der Waals surface area contributed by atoms with Crippen LogP contribution in [0.2, 0.25) is 0 Å². The summed E-state index contributed by atoms with van der Waals surface area (Å²) in [5, 5.41) is 19.3. The van der Waals surface area contributed by atoms with Gasteiger partial charge in [0.1, 0.15) is 22.0 Å². The Kier molecular flexibility index (Phi) is 6.98. The number of rotatable bonds is 6. The molecule has 0 unspecified atom stereocenters. The topological polar surface area (TPSA) is 141 Å². The minimum absolute atomic E-state index is 0.000645. The van der Waals surface area contributed by atoms with Crippen molar-refractivity contribution in [3.63, 3.8) is 0 Å². The van der Waals surface area contributed by atoms with Crippen LogP contribution in [-0.4, -0.2) is 39.9 Å². The summed E-state index contributed by atoms with van der Waals surface area (Å²) in [6, 6.07) is 12.2. The van der Waals surface area contributed by atoms with Crippen LogP contribution < -0.4 is 20.5 Å². The fraction of sp³-hybridized carbons (Fsp3) is 0.192. The van der Waals surface area contributed by atoms with Gasteiger partial charge in [0, 0.05) is 0 Å². The molecule has 186 valence electrons. The first kappa shape index (κ1) is 24.8. The smallest absolute Gasteiger partial charge is 0.338 e. The normalized spacial score (nSPS) is 15.6. The van der Waals surface area contributed by atoms with E-state index < -0.39 is 23.4 Å². The molecule has 0 amide bonds. The van der Waals surface area contributed by atoms with Gasteiger partial charge in [-0.05, 0) is 55.3 Å². The second-order valence-corrected chi connectivity index (χ2v) is 8.86. The van der Waals surface area contributed by atoms with Crippen molar-refractivity contribution in [1.82, 2.24) is 4.57 Å². The van der Waals surface area contributed by atoms with Crippen molar-refractivity contribution in [3.05, 3.63) is 84.8 Å². The highest BCUT2D eigenvalue weighted by Gasteiger charge is 2.39. The molecule has 0 spiro atoms. The van der Waals surface area contributed by atoms with Gasteiger partial charge in [-0.3, -0.25) is 9.36 Å². The number of carbonyl (C=O) groups is 2. The van der Waals surface area contributed by atoms with E-state index in [1.807, 2.05) is 0 Å². The predicted octanol–water partition coefficient (Wildman–Crippen LogP) is 1.35. The molecule has 4 N–H and O–H groups in total. The van der Waals surface area contributed by atoms with Crippen LogP contribution in [0.15, 0.2) is 58.9 Å². The summed E-state index contributed by atoms with van der Waals surface area (Å²) in [5.74, 6) is -2.56. The first-order valence-corrected chi connectivity index (χ1v) is 12.0. The standard InChI is InChI=1S/C26H24N2O7S/c1-3-34-25(32)20-19(15-7-11-17(30)12-8-15)21(26(33)35-4-2)24-28(22(20)27)23(31)18(36-24)13-14-5-9-16(29)10-6-14/h5-13,19,29-30H,3-4,27H2,1-2H3/b18-13-/t19-/m0/s1. The highest BCUT2D eigenvalue weighted by Crippen LogP contribution is 2.38. The molecule has 36 heavy (non-hydrogen) atoms. The van der Waals surface area contributed by atoms with E-state index in [2.05, 4.69) is 0 Å². The number of ether oxygens (including phenoxy) is 2. The fourth-order valence-electron chi connectivity index (χ4n) is 3.98. The molecule has 2 aromatic carbocycles. The van der Waals surface area contributed by atoms with Crippen LogP contribution in [0.4, 0.5) is 0 Å². The van der Waals surface area contributed by atoms with Gasteiger partial charge < -0.3 is 25.4 Å². The van der Waals surface area contributed by atoms with E-state index >= 15 is 0 Å². The van der Waals surface area contributed by atoms with Crippen LogP contribution in [0.5, 0.6) is 11.5 Å². The number of phenolic OH excluding ortho intramolecular Hbond substituents is 2. The van der Waals surface area contributed by atoms with Gasteiger partial charge >= 0.3 is 11.9 Å². The van der Waals surface area contributed by atoms with E-state index in [0.29, 0.717) is 11.1 Å². The molecule has 1 atom stereocenters. The van der Waals surface area contributed by atoms with E-state index in [1.165, 1.54) is 24.3 Å². The number of thiazole rings is 1. The first-order valence-electron chi connectivity index (χ1n) is 11.2. The Labute approximate surface area is 209 Å². The average Bonchev–Trinajstić information content (AvgIpc) is 3.17. The number of hydrogen-bond acceptors (Lipinski definition) is 9. The van der Waals surface area contributed by atoms with E-state index in [1.54, 1.807) is 44.2 Å². The Balaban J connectivity index is 2.10. The molecule has 9 nitrogen and oxygen atoms in total. The lowest BCUT2D eigenvalue weighted by Gasteiger charge is -2.27. The Morgan fingerprint density at radius 3 is 2.03 bits per heavy atom. The number of aromatic hydroxyl groups is 2. The summed E-state index contributed by atoms with van der Waals surface area (Å²) in [5.41, 5.74) is 7.03. The van der Waals surface area contributed by atoms with Crippen LogP contribution in [-0.2, 0) is 19.1 Å². The number of esters is 2. The van der Waals surface area contributed by atoms with Crippen molar-refractivity contribution < 1.29 is 29.3 Å². The molecular weight excluding hydrogens is 484 g/mol. The van der Waals surface area contributed by atoms with Crippen molar-refractivity contribution in [2.45, 2.75) is 19.8 Å². The van der Waals surface area contributed by atoms with E-state index in [-0.39, 0.29) is 50.9 Å². The lowest BCUT2D eigenvalue weighted by Crippen LogP contribution is -2.42. The van der Waals surface area contributed by atoms with Gasteiger partial charge in [-0.15, -0.1) is 11.3 Å². The summed E-state index contributed by atoms with van der Waals surface area (Å²) >= 11 is 1.03. The molecule has 1 aliphatic heterocycles. The number of benzene rings is 2. The van der Waals surface area contributed by atoms with Crippen molar-refractivity contribution in [1.29, 1.82) is 0 Å². The third-order valence-corrected chi connectivity index (χ3v) is 6.66. The number of fused-ring (bicyclic) bond motifs is 1. The molecule has 0 aliphatic carbocycles. The molecule has 1 aliphatic rings. The Bertz CT molecular complexity index is 1530. The lowest BCUT2D eigenvalue weighted by molar-refractivity contribution is -0.138. The third kappa shape index (κ3) is 4.50. The summed E-state index contributed by atoms with van der Waals surface area (Å²) in [4.78, 5) is 39.9. The molecule has 0 fully saturated rings. The highest BCUT2D eigenvalue weighted by molar-refractivity contribution is 7.07. The van der Waals surface area contributed by atoms with Crippen molar-refractivity contribution >= 4 is 40.7 Å². The third-order valence-electron chi connectivity index (χ3n) is 5.56. The van der Waals surface area contributed by atoms with Gasteiger partial charge in [-0.25, -0.2) is 9.59 Å². The maximum atomic E-state index is 13.5. The minimum Gasteiger partial charge on any atom is -0.508 e. The Morgan fingerprint density at radius 1 is 0.944 bits per heavy atom. The number of nitrogens with two attached hydrogens (primary N) is 1. The maximum Gasteiger partial charge on any atom is 0.338 e. The highest BCUT2D eigenvalue weighted by atomic mass is 32.1. The van der Waals surface area contributed by atoms with Crippen LogP contribution in [0.1, 0.15) is 30.9 Å². The Morgan fingerprint density at radius 2 is 1.47 bits per heavy atom. The number of aromatic nitrogens is 1. The van der Waals surface area contributed by atoms with Crippen LogP contribution >= 0.6 is 11.3 Å². The van der Waals surface area contributed by atoms with Gasteiger partial charge in [0.25, 0.3) is 5.56 Å². The van der Waals surface area contributed by atoms with Gasteiger partial charge in [0.15, 0.2) is 0 Å². The average molecular weight is 509 g/mol. The van der Waals surface area contributed by atoms with Crippen LogP contribution in [0.25, 0.3) is 17.5 Å². The summed E-state index contributed by atoms with van der Waals surface area (Å²) < 4.78 is 12.2. The molecule has 10 heteroatoms. The number of hydrogen-bond donors (Lipinski definition) is 3. The molecule has 0 saturated heterocycles. The van der Waals surface area contributed by atoms with Gasteiger partial charge in [0.2, 0.25) is 0 Å². The molecule has 0 radical (unpaired) electrons. The van der Waals surface area contributed by atoms with Gasteiger partial charge in [0.05, 0.1) is 34.8 Å². The molecular formula is C26H24N2O7S. The monoisotopic (exact) mass is 508 g/mol. The number of carbonyl (C=O) groups excluding carboxylic acids is 2. The van der Waals surface area contributed by atoms with Crippen molar-refractivity contribution in [2.24, 2.45) is 5.73 Å². The summed E-state index contributed by atoms with van der Waals surface area (Å²) in [6.45, 7) is 3.41. The predicted molar refractivity (Wildman–Crippen MR) is 134 cm³/mol. The first-order chi connectivity index (χ1) is 17.3. The Hall–Kier alpha value is -4.31. The van der Waals surface area contributed by atoms with E-state index in [9.17, 15) is 24.6 Å². The summed E-state index contributed by atoms with van der Waals surface area (Å²) in [7, 11) is 0. The number of phenols is 2. The van der Waals surface area contributed by atoms with Gasteiger partial charge in [-0.2, -0.15) is 0 Å². The molecule has 3 aromatic rings. The molecule has 2 heterocycles. The maximum absolute atomic E-state index is 13.5. The lowest BCUT2D eigenvalue weighted by atomic mass is 9.83. The van der Waals surface area contributed by atoms with E-state index in [4.69, 9.17) is 15.2 Å². The quantitative estimate of drug-likeness (QED) is 0.424. The number of nitrogens with zero attached hydrogens (tertiary/aromatic N) is 1. The van der Waals surface area contributed by atoms with Crippen LogP contribution in [0, 0.1) is 0 Å². The second kappa shape index (κ2) is 10.1. The van der Waals surface area contributed by atoms with Crippen molar-refractivity contribution in [2.75, 3.05) is 13.2 Å². The van der Waals surface area contributed by atoms with Crippen molar-refractivity contribution in [3.8, 4) is 11.5 Å².